The Morgan fingerprint density at radius 3 is 2.88 bits per heavy atom. The summed E-state index contributed by atoms with van der Waals surface area (Å²) in [5.41, 5.74) is 0.513. The van der Waals surface area contributed by atoms with E-state index in [2.05, 4.69) is 26.2 Å². The van der Waals surface area contributed by atoms with Crippen LogP contribution in [0.4, 0.5) is 5.69 Å². The van der Waals surface area contributed by atoms with Gasteiger partial charge in [0.25, 0.3) is 5.91 Å². The van der Waals surface area contributed by atoms with E-state index in [1.807, 2.05) is 6.07 Å². The fourth-order valence-electron chi connectivity index (χ4n) is 1.09. The van der Waals surface area contributed by atoms with Crippen LogP contribution in [0.15, 0.2) is 34.4 Å². The van der Waals surface area contributed by atoms with Crippen LogP contribution in [0.25, 0.3) is 0 Å². The Labute approximate surface area is 110 Å². The number of hydrogen-bond donors (Lipinski definition) is 1. The maximum Gasteiger partial charge on any atom is 0.265 e. The molecule has 2 aromatic heterocycles. The molecule has 0 atom stereocenters. The third-order valence-corrected chi connectivity index (χ3v) is 3.77. The number of nitrogens with zero attached hydrogens (tertiary/aromatic N) is 1. The smallest absolute Gasteiger partial charge is 0.265 e. The largest absolute Gasteiger partial charge is 0.319 e. The van der Waals surface area contributed by atoms with Crippen LogP contribution >= 0.6 is 38.9 Å². The molecule has 16 heavy (non-hydrogen) atoms. The molecule has 1 N–H and O–H groups in total. The van der Waals surface area contributed by atoms with E-state index in [9.17, 15) is 4.79 Å². The first kappa shape index (κ1) is 11.6. The second-order valence-electron chi connectivity index (χ2n) is 2.91. The van der Waals surface area contributed by atoms with Crippen molar-refractivity contribution < 1.29 is 4.79 Å². The third-order valence-electron chi connectivity index (χ3n) is 1.81. The van der Waals surface area contributed by atoms with Crippen molar-refractivity contribution in [3.05, 3.63) is 44.3 Å². The standard InChI is InChI=1S/C10H6BrClN2OS/c11-9-2-1-8(16-9)10(15)14-7-5-13-4-3-6(7)12/h1-5H,(H,14,15). The molecule has 82 valence electrons. The number of amides is 1. The van der Waals surface area contributed by atoms with E-state index in [1.54, 1.807) is 18.3 Å². The maximum absolute atomic E-state index is 11.8. The molecule has 0 radical (unpaired) electrons. The van der Waals surface area contributed by atoms with E-state index in [0.717, 1.165) is 3.79 Å². The number of carbonyl (C=O) groups is 1. The van der Waals surface area contributed by atoms with Crippen molar-refractivity contribution in [1.82, 2.24) is 4.98 Å². The van der Waals surface area contributed by atoms with Gasteiger partial charge in [0.2, 0.25) is 0 Å². The zero-order valence-corrected chi connectivity index (χ0v) is 11.1. The van der Waals surface area contributed by atoms with Crippen molar-refractivity contribution in [1.29, 1.82) is 0 Å². The second-order valence-corrected chi connectivity index (χ2v) is 5.78. The first-order valence-corrected chi connectivity index (χ1v) is 6.32. The summed E-state index contributed by atoms with van der Waals surface area (Å²) < 4.78 is 0.912. The number of halogens is 2. The van der Waals surface area contributed by atoms with Gasteiger partial charge in [-0.15, -0.1) is 11.3 Å². The van der Waals surface area contributed by atoms with E-state index >= 15 is 0 Å². The number of thiophene rings is 1. The van der Waals surface area contributed by atoms with Crippen LogP contribution in [0.1, 0.15) is 9.67 Å². The summed E-state index contributed by atoms with van der Waals surface area (Å²) in [6, 6.07) is 5.19. The molecule has 2 heterocycles. The van der Waals surface area contributed by atoms with Gasteiger partial charge in [-0.25, -0.2) is 0 Å². The predicted molar refractivity (Wildman–Crippen MR) is 69.2 cm³/mol. The lowest BCUT2D eigenvalue weighted by atomic mass is 10.4. The molecule has 1 amide bonds. The SMILES string of the molecule is O=C(Nc1cnccc1Cl)c1ccc(Br)s1. The maximum atomic E-state index is 11.8. The van der Waals surface area contributed by atoms with Gasteiger partial charge in [0.15, 0.2) is 0 Å². The summed E-state index contributed by atoms with van der Waals surface area (Å²) in [6.07, 6.45) is 3.09. The molecule has 0 unspecified atom stereocenters. The summed E-state index contributed by atoms with van der Waals surface area (Å²) in [4.78, 5) is 16.3. The Bertz CT molecular complexity index is 529. The average molecular weight is 318 g/mol. The van der Waals surface area contributed by atoms with Gasteiger partial charge in [-0.1, -0.05) is 11.6 Å². The molecule has 2 aromatic rings. The summed E-state index contributed by atoms with van der Waals surface area (Å²) in [6.45, 7) is 0. The van der Waals surface area contributed by atoms with Crippen molar-refractivity contribution in [3.63, 3.8) is 0 Å². The number of rotatable bonds is 2. The molecule has 0 aliphatic rings. The minimum absolute atomic E-state index is 0.189. The summed E-state index contributed by atoms with van der Waals surface area (Å²) in [5.74, 6) is -0.189. The van der Waals surface area contributed by atoms with Crippen molar-refractivity contribution in [3.8, 4) is 0 Å². The highest BCUT2D eigenvalue weighted by atomic mass is 79.9. The Balaban J connectivity index is 2.17. The lowest BCUT2D eigenvalue weighted by Gasteiger charge is -2.04. The highest BCUT2D eigenvalue weighted by molar-refractivity contribution is 9.11. The van der Waals surface area contributed by atoms with E-state index in [0.29, 0.717) is 15.6 Å². The third kappa shape index (κ3) is 2.61. The minimum Gasteiger partial charge on any atom is -0.319 e. The van der Waals surface area contributed by atoms with E-state index < -0.39 is 0 Å². The van der Waals surface area contributed by atoms with Crippen LogP contribution in [0.3, 0.4) is 0 Å². The molecule has 0 bridgehead atoms. The van der Waals surface area contributed by atoms with Crippen molar-refractivity contribution in [2.75, 3.05) is 5.32 Å². The second kappa shape index (κ2) is 4.95. The lowest BCUT2D eigenvalue weighted by molar-refractivity contribution is 0.103. The molecule has 2 rings (SSSR count). The summed E-state index contributed by atoms with van der Waals surface area (Å²) >= 11 is 10.6. The number of aromatic nitrogens is 1. The van der Waals surface area contributed by atoms with Crippen molar-refractivity contribution in [2.24, 2.45) is 0 Å². The van der Waals surface area contributed by atoms with Gasteiger partial charge in [0.1, 0.15) is 0 Å². The van der Waals surface area contributed by atoms with Gasteiger partial charge in [0, 0.05) is 6.20 Å². The number of anilines is 1. The Hall–Kier alpha value is -0.910. The summed E-state index contributed by atoms with van der Waals surface area (Å²) in [7, 11) is 0. The molecule has 0 saturated heterocycles. The van der Waals surface area contributed by atoms with E-state index in [1.165, 1.54) is 17.5 Å². The van der Waals surface area contributed by atoms with Crippen LogP contribution in [-0.4, -0.2) is 10.9 Å². The molecule has 3 nitrogen and oxygen atoms in total. The van der Waals surface area contributed by atoms with Crippen molar-refractivity contribution >= 4 is 50.5 Å². The molecule has 0 saturated carbocycles. The van der Waals surface area contributed by atoms with Crippen LogP contribution in [0, 0.1) is 0 Å². The van der Waals surface area contributed by atoms with Crippen molar-refractivity contribution in [2.45, 2.75) is 0 Å². The molecule has 6 heteroatoms. The van der Waals surface area contributed by atoms with Gasteiger partial charge < -0.3 is 5.32 Å². The predicted octanol–water partition coefficient (Wildman–Crippen LogP) is 3.81. The van der Waals surface area contributed by atoms with Gasteiger partial charge in [-0.05, 0) is 34.1 Å². The monoisotopic (exact) mass is 316 g/mol. The number of hydrogen-bond acceptors (Lipinski definition) is 3. The molecule has 0 aliphatic heterocycles. The fourth-order valence-corrected chi connectivity index (χ4v) is 2.52. The molecular weight excluding hydrogens is 312 g/mol. The Kier molecular flexibility index (Phi) is 3.58. The van der Waals surface area contributed by atoms with E-state index in [4.69, 9.17) is 11.6 Å². The minimum atomic E-state index is -0.189. The number of pyridine rings is 1. The molecule has 0 aliphatic carbocycles. The van der Waals surface area contributed by atoms with Gasteiger partial charge >= 0.3 is 0 Å². The quantitative estimate of drug-likeness (QED) is 0.915. The zero-order chi connectivity index (χ0) is 11.5. The first-order chi connectivity index (χ1) is 7.66. The summed E-state index contributed by atoms with van der Waals surface area (Å²) in [5, 5.41) is 3.17. The van der Waals surface area contributed by atoms with Crippen LogP contribution < -0.4 is 5.32 Å². The normalized spacial score (nSPS) is 10.1. The first-order valence-electron chi connectivity index (χ1n) is 4.33. The van der Waals surface area contributed by atoms with Gasteiger partial charge in [-0.2, -0.15) is 0 Å². The topological polar surface area (TPSA) is 42.0 Å². The van der Waals surface area contributed by atoms with E-state index in [-0.39, 0.29) is 5.91 Å². The highest BCUT2D eigenvalue weighted by Crippen LogP contribution is 2.24. The van der Waals surface area contributed by atoms with Crippen LogP contribution in [-0.2, 0) is 0 Å². The lowest BCUT2D eigenvalue weighted by Crippen LogP contribution is -2.10. The highest BCUT2D eigenvalue weighted by Gasteiger charge is 2.10. The average Bonchev–Trinajstić information content (AvgIpc) is 2.68. The van der Waals surface area contributed by atoms with Crippen LogP contribution in [0.5, 0.6) is 0 Å². The number of nitrogens with one attached hydrogen (secondary N) is 1. The molecule has 0 aromatic carbocycles. The number of carbonyl (C=O) groups excluding carboxylic acids is 1. The molecule has 0 spiro atoms. The zero-order valence-electron chi connectivity index (χ0n) is 7.91. The molecular formula is C10H6BrClN2OS. The van der Waals surface area contributed by atoms with Gasteiger partial charge in [-0.3, -0.25) is 9.78 Å². The van der Waals surface area contributed by atoms with Gasteiger partial charge in [0.05, 0.1) is 25.6 Å². The van der Waals surface area contributed by atoms with Crippen LogP contribution in [0.2, 0.25) is 5.02 Å². The molecule has 0 fully saturated rings. The fraction of sp³-hybridized carbons (Fsp3) is 0. The Morgan fingerprint density at radius 1 is 1.44 bits per heavy atom. The Morgan fingerprint density at radius 2 is 2.25 bits per heavy atom.